The van der Waals surface area contributed by atoms with Crippen molar-refractivity contribution < 1.29 is 4.79 Å². The molecule has 0 aromatic carbocycles. The van der Waals surface area contributed by atoms with Gasteiger partial charge in [0.05, 0.1) is 0 Å². The van der Waals surface area contributed by atoms with E-state index in [4.69, 9.17) is 5.73 Å². The first-order valence-corrected chi connectivity index (χ1v) is 6.30. The fraction of sp³-hybridized carbons (Fsp3) is 0.923. The van der Waals surface area contributed by atoms with Crippen LogP contribution in [0, 0.1) is 17.3 Å². The van der Waals surface area contributed by atoms with Gasteiger partial charge in [-0.2, -0.15) is 0 Å². The zero-order valence-corrected chi connectivity index (χ0v) is 11.3. The zero-order chi connectivity index (χ0) is 12.5. The summed E-state index contributed by atoms with van der Waals surface area (Å²) in [6, 6.07) is 0.214. The van der Waals surface area contributed by atoms with Gasteiger partial charge in [0.25, 0.3) is 0 Å². The molecule has 0 spiro atoms. The molecule has 3 heteroatoms. The van der Waals surface area contributed by atoms with E-state index in [0.29, 0.717) is 5.92 Å². The summed E-state index contributed by atoms with van der Waals surface area (Å²) in [4.78, 5) is 14.2. The van der Waals surface area contributed by atoms with Crippen molar-refractivity contribution in [3.05, 3.63) is 0 Å². The lowest BCUT2D eigenvalue weighted by molar-refractivity contribution is -0.139. The van der Waals surface area contributed by atoms with E-state index in [1.807, 2.05) is 11.8 Å². The van der Waals surface area contributed by atoms with Crippen LogP contribution in [0.1, 0.15) is 41.0 Å². The lowest BCUT2D eigenvalue weighted by Gasteiger charge is -2.43. The highest BCUT2D eigenvalue weighted by Gasteiger charge is 2.36. The predicted octanol–water partition coefficient (Wildman–Crippen LogP) is 1.86. The number of rotatable bonds is 2. The van der Waals surface area contributed by atoms with Crippen molar-refractivity contribution in [3.63, 3.8) is 0 Å². The molecular weight excluding hydrogens is 200 g/mol. The summed E-state index contributed by atoms with van der Waals surface area (Å²) in [6.07, 6.45) is 0.920. The van der Waals surface area contributed by atoms with Gasteiger partial charge in [-0.15, -0.1) is 0 Å². The summed E-state index contributed by atoms with van der Waals surface area (Å²) < 4.78 is 0. The molecule has 2 unspecified atom stereocenters. The number of hydrogen-bond acceptors (Lipinski definition) is 2. The number of carbonyl (C=O) groups is 1. The van der Waals surface area contributed by atoms with Gasteiger partial charge in [-0.25, -0.2) is 0 Å². The second-order valence-electron chi connectivity index (χ2n) is 6.18. The van der Waals surface area contributed by atoms with Crippen LogP contribution < -0.4 is 5.73 Å². The first kappa shape index (κ1) is 13.5. The largest absolute Gasteiger partial charge is 0.342 e. The Labute approximate surface area is 99.4 Å². The van der Waals surface area contributed by atoms with E-state index < -0.39 is 0 Å². The van der Waals surface area contributed by atoms with Crippen molar-refractivity contribution in [1.82, 2.24) is 4.90 Å². The third kappa shape index (κ3) is 2.76. The molecule has 0 aromatic rings. The van der Waals surface area contributed by atoms with E-state index in [2.05, 4.69) is 27.7 Å². The van der Waals surface area contributed by atoms with Crippen molar-refractivity contribution >= 4 is 5.91 Å². The van der Waals surface area contributed by atoms with Gasteiger partial charge in [0, 0.05) is 25.0 Å². The molecule has 1 aliphatic rings. The summed E-state index contributed by atoms with van der Waals surface area (Å²) in [5, 5.41) is 0. The van der Waals surface area contributed by atoms with Gasteiger partial charge in [0.1, 0.15) is 0 Å². The molecule has 0 aromatic heterocycles. The number of nitrogens with zero attached hydrogens (tertiary/aromatic N) is 1. The van der Waals surface area contributed by atoms with Crippen LogP contribution in [0.25, 0.3) is 0 Å². The second-order valence-corrected chi connectivity index (χ2v) is 6.18. The summed E-state index contributed by atoms with van der Waals surface area (Å²) in [5.74, 6) is 0.811. The SMILES string of the molecule is CC(C)C(C)C(=O)N1CCC(N)C(C)(C)C1. The smallest absolute Gasteiger partial charge is 0.225 e. The number of likely N-dealkylation sites (tertiary alicyclic amines) is 1. The fourth-order valence-electron chi connectivity index (χ4n) is 2.14. The molecule has 1 rings (SSSR count). The van der Waals surface area contributed by atoms with Gasteiger partial charge in [-0.05, 0) is 17.8 Å². The summed E-state index contributed by atoms with van der Waals surface area (Å²) >= 11 is 0. The number of amides is 1. The third-order valence-electron chi connectivity index (χ3n) is 4.01. The van der Waals surface area contributed by atoms with Crippen molar-refractivity contribution in [2.75, 3.05) is 13.1 Å². The Morgan fingerprint density at radius 3 is 2.38 bits per heavy atom. The van der Waals surface area contributed by atoms with Crippen molar-refractivity contribution in [2.24, 2.45) is 23.0 Å². The van der Waals surface area contributed by atoms with Crippen LogP contribution in [0.2, 0.25) is 0 Å². The summed E-state index contributed by atoms with van der Waals surface area (Å²) in [7, 11) is 0. The molecule has 0 saturated carbocycles. The maximum atomic E-state index is 12.2. The van der Waals surface area contributed by atoms with E-state index in [0.717, 1.165) is 19.5 Å². The van der Waals surface area contributed by atoms with Crippen LogP contribution in [0.5, 0.6) is 0 Å². The van der Waals surface area contributed by atoms with Crippen LogP contribution in [0.3, 0.4) is 0 Å². The van der Waals surface area contributed by atoms with E-state index in [1.165, 1.54) is 0 Å². The molecule has 1 heterocycles. The average molecular weight is 226 g/mol. The molecule has 3 nitrogen and oxygen atoms in total. The van der Waals surface area contributed by atoms with Gasteiger partial charge in [-0.1, -0.05) is 34.6 Å². The number of nitrogens with two attached hydrogens (primary N) is 1. The first-order chi connectivity index (χ1) is 7.25. The Balaban J connectivity index is 2.66. The molecule has 0 aliphatic carbocycles. The maximum Gasteiger partial charge on any atom is 0.225 e. The summed E-state index contributed by atoms with van der Waals surface area (Å²) in [5.41, 5.74) is 6.12. The Kier molecular flexibility index (Phi) is 4.00. The van der Waals surface area contributed by atoms with Gasteiger partial charge < -0.3 is 10.6 Å². The topological polar surface area (TPSA) is 46.3 Å². The van der Waals surface area contributed by atoms with Crippen LogP contribution in [0.4, 0.5) is 0 Å². The molecule has 1 amide bonds. The quantitative estimate of drug-likeness (QED) is 0.781. The fourth-order valence-corrected chi connectivity index (χ4v) is 2.14. The molecule has 2 N–H and O–H groups in total. The van der Waals surface area contributed by atoms with E-state index >= 15 is 0 Å². The minimum absolute atomic E-state index is 0.0462. The molecule has 16 heavy (non-hydrogen) atoms. The maximum absolute atomic E-state index is 12.2. The van der Waals surface area contributed by atoms with Crippen LogP contribution >= 0.6 is 0 Å². The van der Waals surface area contributed by atoms with E-state index in [9.17, 15) is 4.79 Å². The molecule has 1 aliphatic heterocycles. The first-order valence-electron chi connectivity index (χ1n) is 6.30. The highest BCUT2D eigenvalue weighted by molar-refractivity contribution is 5.78. The molecule has 0 bridgehead atoms. The van der Waals surface area contributed by atoms with Crippen molar-refractivity contribution in [1.29, 1.82) is 0 Å². The van der Waals surface area contributed by atoms with Crippen molar-refractivity contribution in [2.45, 2.75) is 47.1 Å². The van der Waals surface area contributed by atoms with E-state index in [-0.39, 0.29) is 23.3 Å². The van der Waals surface area contributed by atoms with Gasteiger partial charge in [0.2, 0.25) is 5.91 Å². The third-order valence-corrected chi connectivity index (χ3v) is 4.01. The lowest BCUT2D eigenvalue weighted by Crippen LogP contribution is -2.55. The number of hydrogen-bond donors (Lipinski definition) is 1. The van der Waals surface area contributed by atoms with Crippen molar-refractivity contribution in [3.8, 4) is 0 Å². The monoisotopic (exact) mass is 226 g/mol. The van der Waals surface area contributed by atoms with Gasteiger partial charge in [0.15, 0.2) is 0 Å². The number of carbonyl (C=O) groups excluding carboxylic acids is 1. The molecule has 2 atom stereocenters. The highest BCUT2D eigenvalue weighted by Crippen LogP contribution is 2.29. The number of piperidine rings is 1. The average Bonchev–Trinajstić information content (AvgIpc) is 2.19. The highest BCUT2D eigenvalue weighted by atomic mass is 16.2. The summed E-state index contributed by atoms with van der Waals surface area (Å²) in [6.45, 7) is 12.1. The Morgan fingerprint density at radius 2 is 1.94 bits per heavy atom. The van der Waals surface area contributed by atoms with Crippen LogP contribution in [-0.4, -0.2) is 29.9 Å². The van der Waals surface area contributed by atoms with Gasteiger partial charge in [-0.3, -0.25) is 4.79 Å². The Hall–Kier alpha value is -0.570. The van der Waals surface area contributed by atoms with Crippen LogP contribution in [0.15, 0.2) is 0 Å². The molecular formula is C13H26N2O. The minimum atomic E-state index is 0.0462. The molecule has 1 fully saturated rings. The predicted molar refractivity (Wildman–Crippen MR) is 67.0 cm³/mol. The normalized spacial score (nSPS) is 26.9. The molecule has 94 valence electrons. The van der Waals surface area contributed by atoms with Crippen LogP contribution in [-0.2, 0) is 4.79 Å². The Morgan fingerprint density at radius 1 is 1.38 bits per heavy atom. The van der Waals surface area contributed by atoms with Gasteiger partial charge >= 0.3 is 0 Å². The molecule has 0 radical (unpaired) electrons. The Bertz CT molecular complexity index is 261. The molecule has 1 saturated heterocycles. The standard InChI is InChI=1S/C13H26N2O/c1-9(2)10(3)12(16)15-7-6-11(14)13(4,5)8-15/h9-11H,6-8,14H2,1-5H3. The zero-order valence-electron chi connectivity index (χ0n) is 11.3. The minimum Gasteiger partial charge on any atom is -0.342 e. The van der Waals surface area contributed by atoms with E-state index in [1.54, 1.807) is 0 Å². The lowest BCUT2D eigenvalue weighted by atomic mass is 9.79. The second kappa shape index (κ2) is 4.74.